The second-order valence-electron chi connectivity index (χ2n) is 3.53. The number of benzene rings is 1. The molecule has 0 amide bonds. The van der Waals surface area contributed by atoms with Gasteiger partial charge in [-0.1, -0.05) is 34.6 Å². The summed E-state index contributed by atoms with van der Waals surface area (Å²) in [5.41, 5.74) is 7.74. The molecule has 2 N–H and O–H groups in total. The topological polar surface area (TPSA) is 105 Å². The first kappa shape index (κ1) is 15.2. The van der Waals surface area contributed by atoms with Gasteiger partial charge in [0.1, 0.15) is 31.8 Å². The fraction of sp³-hybridized carbons (Fsp3) is 0.231. The van der Waals surface area contributed by atoms with Crippen molar-refractivity contribution >= 4 is 17.8 Å². The van der Waals surface area contributed by atoms with Crippen molar-refractivity contribution in [2.75, 3.05) is 14.2 Å². The number of nitriles is 1. The minimum atomic E-state index is 0.175. The van der Waals surface area contributed by atoms with Crippen LogP contribution in [-0.2, 0) is 16.3 Å². The predicted octanol–water partition coefficient (Wildman–Crippen LogP) is 1.05. The minimum Gasteiger partial charge on any atom is -0.399 e. The highest BCUT2D eigenvalue weighted by Crippen LogP contribution is 2.12. The van der Waals surface area contributed by atoms with Crippen LogP contribution in [0.1, 0.15) is 11.1 Å². The maximum atomic E-state index is 8.33. The maximum Gasteiger partial charge on any atom is 0.152 e. The largest absolute Gasteiger partial charge is 0.399 e. The average Bonchev–Trinajstić information content (AvgIpc) is 2.49. The molecule has 7 heteroatoms. The van der Waals surface area contributed by atoms with Gasteiger partial charge in [-0.2, -0.15) is 5.26 Å². The Bertz CT molecular complexity index is 572. The molecule has 20 heavy (non-hydrogen) atoms. The molecule has 0 atom stereocenters. The molecule has 0 aliphatic rings. The summed E-state index contributed by atoms with van der Waals surface area (Å²) >= 11 is 0. The number of oxime groups is 2. The van der Waals surface area contributed by atoms with Gasteiger partial charge >= 0.3 is 0 Å². The summed E-state index contributed by atoms with van der Waals surface area (Å²) in [6.45, 7) is 0.175. The lowest BCUT2D eigenvalue weighted by Gasteiger charge is -2.10. The highest BCUT2D eigenvalue weighted by Gasteiger charge is 2.13. The number of amidine groups is 1. The van der Waals surface area contributed by atoms with Gasteiger partial charge in [-0.15, -0.1) is 0 Å². The number of nitrogens with two attached hydrogens (primary N) is 1. The number of aliphatic imine (C=N–C) groups is 1. The lowest BCUT2D eigenvalue weighted by molar-refractivity contribution is 0.132. The van der Waals surface area contributed by atoms with Crippen molar-refractivity contribution in [2.45, 2.75) is 6.61 Å². The van der Waals surface area contributed by atoms with Crippen molar-refractivity contribution < 1.29 is 9.68 Å². The Kier molecular flexibility index (Phi) is 6.27. The van der Waals surface area contributed by atoms with Crippen molar-refractivity contribution in [3.63, 3.8) is 0 Å². The van der Waals surface area contributed by atoms with Gasteiger partial charge in [0.2, 0.25) is 0 Å². The van der Waals surface area contributed by atoms with E-state index in [1.165, 1.54) is 7.11 Å². The second-order valence-corrected chi connectivity index (χ2v) is 3.53. The summed E-state index contributed by atoms with van der Waals surface area (Å²) in [5.74, 6) is 0.250. The molecule has 1 aromatic rings. The molecule has 0 saturated carbocycles. The molecule has 0 aromatic heterocycles. The van der Waals surface area contributed by atoms with E-state index >= 15 is 0 Å². The van der Waals surface area contributed by atoms with Crippen LogP contribution in [0.25, 0.3) is 0 Å². The number of rotatable bonds is 6. The first-order valence-electron chi connectivity index (χ1n) is 5.70. The van der Waals surface area contributed by atoms with E-state index in [0.717, 1.165) is 17.3 Å². The molecule has 0 bridgehead atoms. The molecule has 0 aliphatic heterocycles. The number of hydrogen-bond donors (Lipinski definition) is 1. The molecule has 0 radical (unpaired) electrons. The predicted molar refractivity (Wildman–Crippen MR) is 76.4 cm³/mol. The normalized spacial score (nSPS) is 12.2. The second kappa shape index (κ2) is 8.26. The van der Waals surface area contributed by atoms with E-state index < -0.39 is 0 Å². The molecule has 1 aromatic carbocycles. The van der Waals surface area contributed by atoms with Crippen LogP contribution in [0.15, 0.2) is 39.6 Å². The third-order valence-corrected chi connectivity index (χ3v) is 2.34. The van der Waals surface area contributed by atoms with E-state index in [-0.39, 0.29) is 12.4 Å². The summed E-state index contributed by atoms with van der Waals surface area (Å²) in [6, 6.07) is 9.09. The fourth-order valence-corrected chi connectivity index (χ4v) is 1.48. The molecule has 7 nitrogen and oxygen atoms in total. The standard InChI is InChI=1S/C13H15N5O2/c1-16-13(15)12(18-19-2)11-6-4-3-5-10(11)9-20-17-8-7-14/h3-6,8H,9H2,1-2H3,(H2,15,16)/b17-8-,18-12+. The average molecular weight is 273 g/mol. The van der Waals surface area contributed by atoms with Crippen LogP contribution in [0.3, 0.4) is 0 Å². The quantitative estimate of drug-likeness (QED) is 0.475. The van der Waals surface area contributed by atoms with Crippen molar-refractivity contribution in [1.82, 2.24) is 0 Å². The lowest BCUT2D eigenvalue weighted by Crippen LogP contribution is -2.26. The van der Waals surface area contributed by atoms with Gasteiger partial charge in [0, 0.05) is 18.2 Å². The van der Waals surface area contributed by atoms with E-state index in [1.807, 2.05) is 24.3 Å². The van der Waals surface area contributed by atoms with Crippen molar-refractivity contribution in [3.8, 4) is 6.07 Å². The maximum absolute atomic E-state index is 8.33. The number of hydrogen-bond acceptors (Lipinski definition) is 6. The van der Waals surface area contributed by atoms with Gasteiger partial charge in [-0.3, -0.25) is 4.99 Å². The molecule has 0 aliphatic carbocycles. The monoisotopic (exact) mass is 273 g/mol. The van der Waals surface area contributed by atoms with Crippen molar-refractivity contribution in [2.24, 2.45) is 21.0 Å². The highest BCUT2D eigenvalue weighted by molar-refractivity contribution is 6.47. The lowest BCUT2D eigenvalue weighted by atomic mass is 10.0. The van der Waals surface area contributed by atoms with Crippen LogP contribution in [0.2, 0.25) is 0 Å². The summed E-state index contributed by atoms with van der Waals surface area (Å²) in [7, 11) is 3.00. The van der Waals surface area contributed by atoms with E-state index in [1.54, 1.807) is 13.1 Å². The highest BCUT2D eigenvalue weighted by atomic mass is 16.6. The van der Waals surface area contributed by atoms with Gasteiger partial charge in [-0.25, -0.2) is 0 Å². The van der Waals surface area contributed by atoms with Crippen LogP contribution in [0, 0.1) is 11.3 Å². The van der Waals surface area contributed by atoms with Crippen LogP contribution < -0.4 is 5.73 Å². The Hall–Kier alpha value is -2.88. The van der Waals surface area contributed by atoms with Crippen molar-refractivity contribution in [1.29, 1.82) is 5.26 Å². The van der Waals surface area contributed by atoms with Gasteiger partial charge in [0.25, 0.3) is 0 Å². The molecule has 1 rings (SSSR count). The van der Waals surface area contributed by atoms with E-state index in [2.05, 4.69) is 15.3 Å². The molecule has 0 spiro atoms. The Labute approximate surface area is 117 Å². The Balaban J connectivity index is 3.08. The van der Waals surface area contributed by atoms with Gasteiger partial charge in [0.05, 0.1) is 0 Å². The number of nitrogens with zero attached hydrogens (tertiary/aromatic N) is 4. The SMILES string of the molecule is CN=C(N)/C(=N/OC)c1ccccc1CO/N=C\C#N. The molecule has 104 valence electrons. The third-order valence-electron chi connectivity index (χ3n) is 2.34. The van der Waals surface area contributed by atoms with E-state index in [0.29, 0.717) is 5.71 Å². The fourth-order valence-electron chi connectivity index (χ4n) is 1.48. The van der Waals surface area contributed by atoms with Crippen LogP contribution >= 0.6 is 0 Å². The first-order valence-corrected chi connectivity index (χ1v) is 5.70. The van der Waals surface area contributed by atoms with Gasteiger partial charge < -0.3 is 15.4 Å². The zero-order valence-corrected chi connectivity index (χ0v) is 11.3. The third kappa shape index (κ3) is 4.10. The summed E-state index contributed by atoms with van der Waals surface area (Å²) in [5, 5.41) is 15.7. The minimum absolute atomic E-state index is 0.175. The molecule has 0 unspecified atom stereocenters. The van der Waals surface area contributed by atoms with Gasteiger partial charge in [0.15, 0.2) is 5.71 Å². The van der Waals surface area contributed by atoms with E-state index in [4.69, 9.17) is 20.7 Å². The Morgan fingerprint density at radius 1 is 1.45 bits per heavy atom. The van der Waals surface area contributed by atoms with Crippen molar-refractivity contribution in [3.05, 3.63) is 35.4 Å². The zero-order chi connectivity index (χ0) is 14.8. The van der Waals surface area contributed by atoms with Gasteiger partial charge in [-0.05, 0) is 0 Å². The molecular formula is C13H15N5O2. The summed E-state index contributed by atoms with van der Waals surface area (Å²) < 4.78 is 0. The molecule has 0 saturated heterocycles. The smallest absolute Gasteiger partial charge is 0.152 e. The summed E-state index contributed by atoms with van der Waals surface area (Å²) in [6.07, 6.45) is 1.01. The Morgan fingerprint density at radius 3 is 2.85 bits per heavy atom. The molecule has 0 heterocycles. The van der Waals surface area contributed by atoms with Crippen LogP contribution in [0.4, 0.5) is 0 Å². The zero-order valence-electron chi connectivity index (χ0n) is 11.3. The first-order chi connectivity index (χ1) is 9.74. The van der Waals surface area contributed by atoms with Crippen LogP contribution in [-0.4, -0.2) is 31.9 Å². The van der Waals surface area contributed by atoms with Crippen LogP contribution in [0.5, 0.6) is 0 Å². The Morgan fingerprint density at radius 2 is 2.20 bits per heavy atom. The van der Waals surface area contributed by atoms with E-state index in [9.17, 15) is 0 Å². The molecular weight excluding hydrogens is 258 g/mol. The molecule has 0 fully saturated rings. The summed E-state index contributed by atoms with van der Waals surface area (Å²) in [4.78, 5) is 13.7.